The van der Waals surface area contributed by atoms with Crippen LogP contribution in [0.25, 0.3) is 0 Å². The van der Waals surface area contributed by atoms with Gasteiger partial charge >= 0.3 is 5.97 Å². The molecule has 0 saturated carbocycles. The van der Waals surface area contributed by atoms with Crippen LogP contribution in [0.3, 0.4) is 0 Å². The molecule has 0 aliphatic carbocycles. The molecule has 1 aromatic rings. The number of carboxylic acids is 1. The zero-order chi connectivity index (χ0) is 18.5. The van der Waals surface area contributed by atoms with Gasteiger partial charge in [0.2, 0.25) is 0 Å². The third-order valence-electron chi connectivity index (χ3n) is 5.25. The highest BCUT2D eigenvalue weighted by Gasteiger charge is 2.71. The number of rotatable bonds is 5. The van der Waals surface area contributed by atoms with Crippen LogP contribution < -0.4 is 10.1 Å². The first-order valence-electron chi connectivity index (χ1n) is 8.28. The number of thioether (sulfide) groups is 1. The molecule has 0 aromatic heterocycles. The SMILES string of the molecule is CC1(C)S[C@]2(C)N(C[C@]2(C)NC(=O)COc2ccccc2)[C@@H]1C(=O)O. The number of hydrogen-bond acceptors (Lipinski definition) is 5. The van der Waals surface area contributed by atoms with Crippen molar-refractivity contribution in [1.29, 1.82) is 0 Å². The Bertz CT molecular complexity index is 696. The second-order valence-electron chi connectivity index (χ2n) is 7.54. The van der Waals surface area contributed by atoms with E-state index in [1.165, 1.54) is 0 Å². The smallest absolute Gasteiger partial charge is 0.322 e. The van der Waals surface area contributed by atoms with Crippen LogP contribution in [-0.4, -0.2) is 56.2 Å². The number of amides is 1. The van der Waals surface area contributed by atoms with Crippen molar-refractivity contribution >= 4 is 23.6 Å². The lowest BCUT2D eigenvalue weighted by Gasteiger charge is -2.60. The summed E-state index contributed by atoms with van der Waals surface area (Å²) in [7, 11) is 0. The minimum Gasteiger partial charge on any atom is -0.484 e. The molecule has 2 saturated heterocycles. The molecule has 1 amide bonds. The maximum absolute atomic E-state index is 12.4. The van der Waals surface area contributed by atoms with Crippen LogP contribution in [0, 0.1) is 0 Å². The number of nitrogens with zero attached hydrogens (tertiary/aromatic N) is 1. The summed E-state index contributed by atoms with van der Waals surface area (Å²) in [5.41, 5.74) is -0.504. The first kappa shape index (κ1) is 18.1. The molecular weight excluding hydrogens is 340 g/mol. The zero-order valence-corrected chi connectivity index (χ0v) is 15.7. The van der Waals surface area contributed by atoms with E-state index in [9.17, 15) is 14.7 Å². The van der Waals surface area contributed by atoms with Crippen LogP contribution in [0.15, 0.2) is 30.3 Å². The first-order valence-corrected chi connectivity index (χ1v) is 9.09. The number of carbonyl (C=O) groups excluding carboxylic acids is 1. The molecule has 2 aliphatic heterocycles. The molecule has 3 rings (SSSR count). The van der Waals surface area contributed by atoms with Gasteiger partial charge in [0.15, 0.2) is 6.61 Å². The summed E-state index contributed by atoms with van der Waals surface area (Å²) in [6.07, 6.45) is 0. The summed E-state index contributed by atoms with van der Waals surface area (Å²) >= 11 is 1.61. The highest BCUT2D eigenvalue weighted by molar-refractivity contribution is 8.02. The van der Waals surface area contributed by atoms with Crippen molar-refractivity contribution < 1.29 is 19.4 Å². The number of benzene rings is 1. The minimum absolute atomic E-state index is 0.0634. The number of para-hydroxylation sites is 1. The topological polar surface area (TPSA) is 78.9 Å². The van der Waals surface area contributed by atoms with Gasteiger partial charge in [-0.3, -0.25) is 14.5 Å². The monoisotopic (exact) mass is 364 g/mol. The Morgan fingerprint density at radius 2 is 1.92 bits per heavy atom. The third kappa shape index (κ3) is 2.89. The number of nitrogens with one attached hydrogen (secondary N) is 1. The van der Waals surface area contributed by atoms with Crippen LogP contribution in [0.2, 0.25) is 0 Å². The Hall–Kier alpha value is -1.73. The van der Waals surface area contributed by atoms with Crippen LogP contribution in [0.4, 0.5) is 0 Å². The number of aliphatic carboxylic acids is 1. The second kappa shape index (κ2) is 5.92. The number of fused-ring (bicyclic) bond motifs is 1. The Labute approximate surface area is 151 Å². The van der Waals surface area contributed by atoms with Crippen molar-refractivity contribution in [3.8, 4) is 5.75 Å². The predicted octanol–water partition coefficient (Wildman–Crippen LogP) is 1.95. The van der Waals surface area contributed by atoms with Gasteiger partial charge in [0.1, 0.15) is 11.8 Å². The van der Waals surface area contributed by atoms with E-state index >= 15 is 0 Å². The van der Waals surface area contributed by atoms with E-state index in [-0.39, 0.29) is 12.5 Å². The van der Waals surface area contributed by atoms with Crippen molar-refractivity contribution in [2.45, 2.75) is 48.9 Å². The van der Waals surface area contributed by atoms with Crippen molar-refractivity contribution in [2.24, 2.45) is 0 Å². The fraction of sp³-hybridized carbons (Fsp3) is 0.556. The quantitative estimate of drug-likeness (QED) is 0.831. The normalized spacial score (nSPS) is 33.2. The molecule has 0 spiro atoms. The molecule has 2 aliphatic rings. The van der Waals surface area contributed by atoms with Gasteiger partial charge < -0.3 is 15.2 Å². The average molecular weight is 364 g/mol. The van der Waals surface area contributed by atoms with Gasteiger partial charge in [0.05, 0.1) is 10.4 Å². The van der Waals surface area contributed by atoms with Crippen LogP contribution >= 0.6 is 11.8 Å². The summed E-state index contributed by atoms with van der Waals surface area (Å²) in [6.45, 7) is 8.31. The molecule has 0 unspecified atom stereocenters. The highest BCUT2D eigenvalue weighted by Crippen LogP contribution is 2.61. The first-order chi connectivity index (χ1) is 11.6. The van der Waals surface area contributed by atoms with Crippen molar-refractivity contribution in [3.63, 3.8) is 0 Å². The summed E-state index contributed by atoms with van der Waals surface area (Å²) in [6, 6.07) is 8.62. The maximum Gasteiger partial charge on any atom is 0.322 e. The molecule has 0 radical (unpaired) electrons. The number of ether oxygens (including phenoxy) is 1. The van der Waals surface area contributed by atoms with Gasteiger partial charge in [-0.1, -0.05) is 18.2 Å². The Morgan fingerprint density at radius 1 is 1.28 bits per heavy atom. The van der Waals surface area contributed by atoms with Gasteiger partial charge in [0.25, 0.3) is 5.91 Å². The van der Waals surface area contributed by atoms with Crippen molar-refractivity contribution in [2.75, 3.05) is 13.2 Å². The standard InChI is InChI=1S/C18H24N2O4S/c1-16(2)14(15(22)23)20-11-17(3,18(20,4)25-16)19-13(21)10-24-12-8-6-5-7-9-12/h5-9,14H,10-11H2,1-4H3,(H,19,21)(H,22,23)/t14-,17+,18+/m1/s1. The third-order valence-corrected chi connectivity index (χ3v) is 7.08. The summed E-state index contributed by atoms with van der Waals surface area (Å²) in [5, 5.41) is 12.6. The lowest BCUT2D eigenvalue weighted by Crippen LogP contribution is -2.80. The fourth-order valence-electron chi connectivity index (χ4n) is 3.91. The van der Waals surface area contributed by atoms with E-state index in [4.69, 9.17) is 4.74 Å². The number of hydrogen-bond donors (Lipinski definition) is 2. The lowest BCUT2D eigenvalue weighted by atomic mass is 9.79. The van der Waals surface area contributed by atoms with Crippen molar-refractivity contribution in [3.05, 3.63) is 30.3 Å². The van der Waals surface area contributed by atoms with Gasteiger partial charge in [-0.05, 0) is 39.8 Å². The lowest BCUT2D eigenvalue weighted by molar-refractivity contribution is -0.154. The number of carboxylic acid groups (broad SMARTS) is 1. The van der Waals surface area contributed by atoms with Gasteiger partial charge in [-0.25, -0.2) is 0 Å². The molecule has 3 atom stereocenters. The van der Waals surface area contributed by atoms with E-state index in [0.29, 0.717) is 12.3 Å². The molecule has 2 N–H and O–H groups in total. The number of carbonyl (C=O) groups is 2. The molecule has 136 valence electrons. The Kier molecular flexibility index (Phi) is 4.28. The van der Waals surface area contributed by atoms with E-state index in [1.54, 1.807) is 23.9 Å². The summed E-state index contributed by atoms with van der Waals surface area (Å²) in [5.74, 6) is -0.377. The fourth-order valence-corrected chi connectivity index (χ4v) is 5.90. The van der Waals surface area contributed by atoms with Crippen LogP contribution in [0.1, 0.15) is 27.7 Å². The second-order valence-corrected chi connectivity index (χ2v) is 9.59. The molecule has 2 fully saturated rings. The predicted molar refractivity (Wildman–Crippen MR) is 96.7 cm³/mol. The molecule has 6 nitrogen and oxygen atoms in total. The van der Waals surface area contributed by atoms with Crippen molar-refractivity contribution in [1.82, 2.24) is 10.2 Å². The van der Waals surface area contributed by atoms with Gasteiger partial charge in [-0.15, -0.1) is 11.8 Å². The molecule has 2 heterocycles. The van der Waals surface area contributed by atoms with Gasteiger partial charge in [-0.2, -0.15) is 0 Å². The molecule has 25 heavy (non-hydrogen) atoms. The maximum atomic E-state index is 12.4. The van der Waals surface area contributed by atoms with Crippen LogP contribution in [-0.2, 0) is 9.59 Å². The molecular formula is C18H24N2O4S. The summed E-state index contributed by atoms with van der Waals surface area (Å²) < 4.78 is 5.07. The molecule has 7 heteroatoms. The zero-order valence-electron chi connectivity index (χ0n) is 14.9. The summed E-state index contributed by atoms with van der Waals surface area (Å²) in [4.78, 5) is 25.5. The Morgan fingerprint density at radius 3 is 2.52 bits per heavy atom. The average Bonchev–Trinajstić information content (AvgIpc) is 2.70. The minimum atomic E-state index is -0.818. The largest absolute Gasteiger partial charge is 0.484 e. The molecule has 0 bridgehead atoms. The molecule has 1 aromatic carbocycles. The highest BCUT2D eigenvalue weighted by atomic mass is 32.2. The Balaban J connectivity index is 1.66. The van der Waals surface area contributed by atoms with E-state index in [0.717, 1.165) is 0 Å². The van der Waals surface area contributed by atoms with E-state index in [1.807, 2.05) is 50.8 Å². The van der Waals surface area contributed by atoms with E-state index < -0.39 is 27.2 Å². The van der Waals surface area contributed by atoms with E-state index in [2.05, 4.69) is 5.32 Å². The van der Waals surface area contributed by atoms with Crippen LogP contribution in [0.5, 0.6) is 5.75 Å². The van der Waals surface area contributed by atoms with Gasteiger partial charge in [0, 0.05) is 11.3 Å².